The first kappa shape index (κ1) is 24.1. The second-order valence-corrected chi connectivity index (χ2v) is 7.93. The van der Waals surface area contributed by atoms with E-state index in [4.69, 9.17) is 14.2 Å². The lowest BCUT2D eigenvalue weighted by atomic mass is 10.3. The van der Waals surface area contributed by atoms with Crippen molar-refractivity contribution in [3.63, 3.8) is 0 Å². The van der Waals surface area contributed by atoms with Crippen molar-refractivity contribution in [3.05, 3.63) is 42.7 Å². The van der Waals surface area contributed by atoms with Crippen LogP contribution in [-0.2, 0) is 10.2 Å². The Balaban J connectivity index is 2.15. The number of hydrogen-bond acceptors (Lipinski definition) is 10. The van der Waals surface area contributed by atoms with Gasteiger partial charge in [-0.15, -0.1) is 0 Å². The Hall–Kier alpha value is -3.55. The van der Waals surface area contributed by atoms with E-state index in [0.29, 0.717) is 12.2 Å². The number of aromatic nitrogens is 4. The van der Waals surface area contributed by atoms with E-state index >= 15 is 0 Å². The highest BCUT2D eigenvalue weighted by Gasteiger charge is 2.24. The number of nitrogens with zero attached hydrogens (tertiary/aromatic N) is 4. The predicted octanol–water partition coefficient (Wildman–Crippen LogP) is 1.76. The molecule has 2 heterocycles. The summed E-state index contributed by atoms with van der Waals surface area (Å²) in [5.74, 6) is 0.313. The van der Waals surface area contributed by atoms with Crippen molar-refractivity contribution in [3.8, 4) is 34.8 Å². The summed E-state index contributed by atoms with van der Waals surface area (Å²) in [5, 5.41) is 9.25. The number of hydrogen-bond donors (Lipinski definition) is 3. The Morgan fingerprint density at radius 1 is 1.03 bits per heavy atom. The molecule has 0 saturated heterocycles. The summed E-state index contributed by atoms with van der Waals surface area (Å²) in [6, 6.07) is 8.37. The van der Waals surface area contributed by atoms with E-state index in [2.05, 4.69) is 29.4 Å². The largest absolute Gasteiger partial charge is 0.493 e. The fourth-order valence-electron chi connectivity index (χ4n) is 2.56. The topological polar surface area (TPSA) is 158 Å². The van der Waals surface area contributed by atoms with Crippen molar-refractivity contribution < 1.29 is 27.7 Å². The molecule has 0 aliphatic rings. The van der Waals surface area contributed by atoms with Gasteiger partial charge in [0.25, 0.3) is 16.1 Å². The van der Waals surface area contributed by atoms with E-state index < -0.39 is 10.2 Å². The highest BCUT2D eigenvalue weighted by molar-refractivity contribution is 7.90. The molecule has 0 bridgehead atoms. The lowest BCUT2D eigenvalue weighted by Gasteiger charge is -2.18. The van der Waals surface area contributed by atoms with Crippen molar-refractivity contribution >= 4 is 16.0 Å². The summed E-state index contributed by atoms with van der Waals surface area (Å²) >= 11 is 0. The SMILES string of the molecule is CCCNS(=O)(=O)Nc1nc(-c2ncccn2)nc(OCCO)c1Oc1ccccc1OC. The third kappa shape index (κ3) is 6.47. The summed E-state index contributed by atoms with van der Waals surface area (Å²) in [5.41, 5.74) is 0. The van der Waals surface area contributed by atoms with E-state index in [1.165, 1.54) is 19.5 Å². The van der Waals surface area contributed by atoms with Gasteiger partial charge in [0.2, 0.25) is 11.6 Å². The molecular formula is C20H24N6O6S. The zero-order valence-electron chi connectivity index (χ0n) is 18.1. The van der Waals surface area contributed by atoms with E-state index in [1.54, 1.807) is 30.3 Å². The molecule has 2 aromatic heterocycles. The maximum atomic E-state index is 12.6. The molecule has 3 rings (SSSR count). The molecule has 0 saturated carbocycles. The van der Waals surface area contributed by atoms with Gasteiger partial charge in [-0.05, 0) is 24.6 Å². The summed E-state index contributed by atoms with van der Waals surface area (Å²) in [6.07, 6.45) is 3.57. The highest BCUT2D eigenvalue weighted by Crippen LogP contribution is 2.40. The fraction of sp³-hybridized carbons (Fsp3) is 0.300. The predicted molar refractivity (Wildman–Crippen MR) is 120 cm³/mol. The number of benzene rings is 1. The fourth-order valence-corrected chi connectivity index (χ4v) is 3.50. The molecule has 0 unspecified atom stereocenters. The molecule has 0 amide bonds. The number of methoxy groups -OCH3 is 1. The van der Waals surface area contributed by atoms with Crippen LogP contribution in [0.15, 0.2) is 42.7 Å². The van der Waals surface area contributed by atoms with Gasteiger partial charge >= 0.3 is 0 Å². The molecule has 3 aromatic rings. The minimum atomic E-state index is -4.01. The quantitative estimate of drug-likeness (QED) is 0.352. The molecule has 33 heavy (non-hydrogen) atoms. The van der Waals surface area contributed by atoms with Crippen molar-refractivity contribution in [1.29, 1.82) is 0 Å². The van der Waals surface area contributed by atoms with Crippen LogP contribution < -0.4 is 23.7 Å². The van der Waals surface area contributed by atoms with Gasteiger partial charge in [-0.2, -0.15) is 18.1 Å². The molecule has 13 heteroatoms. The normalized spacial score (nSPS) is 11.1. The molecule has 0 radical (unpaired) electrons. The van der Waals surface area contributed by atoms with Crippen molar-refractivity contribution in [2.45, 2.75) is 13.3 Å². The minimum Gasteiger partial charge on any atom is -0.493 e. The number of anilines is 1. The van der Waals surface area contributed by atoms with E-state index in [0.717, 1.165) is 0 Å². The van der Waals surface area contributed by atoms with Crippen molar-refractivity contribution in [2.75, 3.05) is 31.6 Å². The van der Waals surface area contributed by atoms with E-state index in [-0.39, 0.29) is 54.6 Å². The average molecular weight is 477 g/mol. The molecule has 12 nitrogen and oxygen atoms in total. The number of rotatable bonds is 12. The van der Waals surface area contributed by atoms with Crippen LogP contribution in [0, 0.1) is 0 Å². The summed E-state index contributed by atoms with van der Waals surface area (Å²) in [7, 11) is -2.54. The number of para-hydroxylation sites is 2. The summed E-state index contributed by atoms with van der Waals surface area (Å²) in [6.45, 7) is 1.60. The Kier molecular flexibility index (Phi) is 8.29. The summed E-state index contributed by atoms with van der Waals surface area (Å²) < 4.78 is 46.7. The first-order valence-corrected chi connectivity index (χ1v) is 11.5. The third-order valence-electron chi connectivity index (χ3n) is 3.98. The van der Waals surface area contributed by atoms with E-state index in [9.17, 15) is 13.5 Å². The molecule has 0 fully saturated rings. The second-order valence-electron chi connectivity index (χ2n) is 6.43. The highest BCUT2D eigenvalue weighted by atomic mass is 32.2. The molecule has 0 aliphatic heterocycles. The number of aliphatic hydroxyl groups is 1. The Labute approximate surface area is 191 Å². The molecule has 0 atom stereocenters. The minimum absolute atomic E-state index is 0.0101. The maximum Gasteiger partial charge on any atom is 0.300 e. The molecule has 3 N–H and O–H groups in total. The lowest BCUT2D eigenvalue weighted by Crippen LogP contribution is -2.31. The number of nitrogens with one attached hydrogen (secondary N) is 2. The first-order chi connectivity index (χ1) is 16.0. The first-order valence-electron chi connectivity index (χ1n) is 9.98. The molecule has 1 aromatic carbocycles. The van der Waals surface area contributed by atoms with E-state index in [1.807, 2.05) is 6.92 Å². The standard InChI is InChI=1S/C20H24N6O6S/c1-3-9-23-33(28,29)26-17-16(32-15-8-5-4-7-14(15)30-2)20(31-13-12-27)25-19(24-17)18-21-10-6-11-22-18/h4-8,10-11,23,27H,3,9,12-13H2,1-2H3,(H,24,25,26). The van der Waals surface area contributed by atoms with Crippen LogP contribution in [0.4, 0.5) is 5.82 Å². The van der Waals surface area contributed by atoms with Crippen LogP contribution in [0.5, 0.6) is 23.1 Å². The van der Waals surface area contributed by atoms with Crippen molar-refractivity contribution in [2.24, 2.45) is 0 Å². The average Bonchev–Trinajstić information content (AvgIpc) is 2.83. The number of aliphatic hydroxyl groups excluding tert-OH is 1. The van der Waals surface area contributed by atoms with Crippen LogP contribution in [0.25, 0.3) is 11.6 Å². The van der Waals surface area contributed by atoms with Crippen LogP contribution in [0.1, 0.15) is 13.3 Å². The number of ether oxygens (including phenoxy) is 3. The Morgan fingerprint density at radius 3 is 2.42 bits per heavy atom. The van der Waals surface area contributed by atoms with Gasteiger partial charge in [0.05, 0.1) is 13.7 Å². The van der Waals surface area contributed by atoms with Crippen molar-refractivity contribution in [1.82, 2.24) is 24.7 Å². The Bertz CT molecular complexity index is 1160. The molecule has 0 spiro atoms. The van der Waals surface area contributed by atoms with Crippen LogP contribution >= 0.6 is 0 Å². The van der Waals surface area contributed by atoms with Gasteiger partial charge in [-0.25, -0.2) is 15.0 Å². The monoisotopic (exact) mass is 476 g/mol. The molecule has 176 valence electrons. The Morgan fingerprint density at radius 2 is 1.76 bits per heavy atom. The van der Waals surface area contributed by atoms with Gasteiger partial charge in [0, 0.05) is 18.9 Å². The van der Waals surface area contributed by atoms with Gasteiger partial charge < -0.3 is 19.3 Å². The molecule has 0 aliphatic carbocycles. The third-order valence-corrected chi connectivity index (χ3v) is 5.03. The van der Waals surface area contributed by atoms with Crippen LogP contribution in [0.3, 0.4) is 0 Å². The molecular weight excluding hydrogens is 452 g/mol. The summed E-state index contributed by atoms with van der Waals surface area (Å²) in [4.78, 5) is 16.8. The van der Waals surface area contributed by atoms with Gasteiger partial charge in [0.1, 0.15) is 6.61 Å². The van der Waals surface area contributed by atoms with Crippen LogP contribution in [0.2, 0.25) is 0 Å². The van der Waals surface area contributed by atoms with Gasteiger partial charge in [-0.1, -0.05) is 19.1 Å². The van der Waals surface area contributed by atoms with Crippen LogP contribution in [-0.4, -0.2) is 60.3 Å². The smallest absolute Gasteiger partial charge is 0.300 e. The van der Waals surface area contributed by atoms with Gasteiger partial charge in [-0.3, -0.25) is 4.72 Å². The van der Waals surface area contributed by atoms with Gasteiger partial charge in [0.15, 0.2) is 23.1 Å². The maximum absolute atomic E-state index is 12.6. The second kappa shape index (κ2) is 11.4. The zero-order valence-corrected chi connectivity index (χ0v) is 18.9. The lowest BCUT2D eigenvalue weighted by molar-refractivity contribution is 0.192. The zero-order chi connectivity index (χ0) is 23.7.